The average molecular weight is 281 g/mol. The fraction of sp³-hybridized carbons (Fsp3) is 0.333. The summed E-state index contributed by atoms with van der Waals surface area (Å²) in [4.78, 5) is 0.994. The zero-order valence-corrected chi connectivity index (χ0v) is 11.9. The van der Waals surface area contributed by atoms with Gasteiger partial charge >= 0.3 is 0 Å². The number of nitrogens with one attached hydrogen (secondary N) is 1. The van der Waals surface area contributed by atoms with Gasteiger partial charge in [-0.2, -0.15) is 0 Å². The molecule has 1 N–H and O–H groups in total. The van der Waals surface area contributed by atoms with Crippen molar-refractivity contribution in [2.24, 2.45) is 0 Å². The van der Waals surface area contributed by atoms with Gasteiger partial charge in [0.1, 0.15) is 11.6 Å². The van der Waals surface area contributed by atoms with E-state index in [1.807, 2.05) is 25.3 Å². The van der Waals surface area contributed by atoms with Crippen LogP contribution < -0.4 is 5.32 Å². The van der Waals surface area contributed by atoms with Crippen LogP contribution in [0.1, 0.15) is 35.9 Å². The normalized spacial score (nSPS) is 12.6. The number of halogens is 2. The Hall–Kier alpha value is -1.26. The monoisotopic (exact) mass is 281 g/mol. The van der Waals surface area contributed by atoms with Gasteiger partial charge in [-0.05, 0) is 42.1 Å². The van der Waals surface area contributed by atoms with Gasteiger partial charge in [0.15, 0.2) is 0 Å². The van der Waals surface area contributed by atoms with Crippen molar-refractivity contribution in [3.8, 4) is 0 Å². The lowest BCUT2D eigenvalue weighted by Crippen LogP contribution is -2.24. The molecule has 0 amide bonds. The molecule has 0 bridgehead atoms. The molecule has 4 heteroatoms. The summed E-state index contributed by atoms with van der Waals surface area (Å²) in [5, 5.41) is 5.16. The van der Waals surface area contributed by atoms with Crippen molar-refractivity contribution in [2.45, 2.75) is 26.3 Å². The molecule has 0 aliphatic rings. The smallest absolute Gasteiger partial charge is 0.131 e. The van der Waals surface area contributed by atoms with E-state index < -0.39 is 17.7 Å². The third-order valence-electron chi connectivity index (χ3n) is 3.12. The second kappa shape index (κ2) is 6.26. The third kappa shape index (κ3) is 2.85. The van der Waals surface area contributed by atoms with Crippen LogP contribution in [0.2, 0.25) is 0 Å². The van der Waals surface area contributed by atoms with E-state index in [1.165, 1.54) is 29.5 Å². The lowest BCUT2D eigenvalue weighted by molar-refractivity contribution is 0.512. The van der Waals surface area contributed by atoms with Crippen LogP contribution in [0.5, 0.6) is 0 Å². The Kier molecular flexibility index (Phi) is 4.66. The predicted molar refractivity (Wildman–Crippen MR) is 75.6 cm³/mol. The highest BCUT2D eigenvalue weighted by Gasteiger charge is 2.23. The molecule has 0 saturated carbocycles. The van der Waals surface area contributed by atoms with Crippen molar-refractivity contribution in [3.63, 3.8) is 0 Å². The van der Waals surface area contributed by atoms with Gasteiger partial charge in [-0.15, -0.1) is 11.3 Å². The third-order valence-corrected chi connectivity index (χ3v) is 4.14. The Labute approximate surface area is 116 Å². The topological polar surface area (TPSA) is 12.0 Å². The Morgan fingerprint density at radius 1 is 1.16 bits per heavy atom. The van der Waals surface area contributed by atoms with E-state index in [9.17, 15) is 8.78 Å². The van der Waals surface area contributed by atoms with Gasteiger partial charge in [-0.25, -0.2) is 8.78 Å². The van der Waals surface area contributed by atoms with Crippen LogP contribution in [0, 0.1) is 11.6 Å². The van der Waals surface area contributed by atoms with E-state index in [0.29, 0.717) is 6.54 Å². The molecular formula is C15H17F2NS. The van der Waals surface area contributed by atoms with Crippen molar-refractivity contribution >= 4 is 11.3 Å². The lowest BCUT2D eigenvalue weighted by atomic mass is 10.0. The van der Waals surface area contributed by atoms with Gasteiger partial charge in [0.05, 0.1) is 6.04 Å². The molecule has 102 valence electrons. The van der Waals surface area contributed by atoms with Gasteiger partial charge in [0.2, 0.25) is 0 Å². The zero-order valence-electron chi connectivity index (χ0n) is 11.0. The van der Waals surface area contributed by atoms with Crippen LogP contribution in [0.25, 0.3) is 0 Å². The summed E-state index contributed by atoms with van der Waals surface area (Å²) < 4.78 is 28.0. The minimum atomic E-state index is -0.499. The van der Waals surface area contributed by atoms with E-state index in [0.717, 1.165) is 16.9 Å². The first kappa shape index (κ1) is 14.2. The Bertz CT molecular complexity index is 531. The summed E-state index contributed by atoms with van der Waals surface area (Å²) in [6.07, 6.45) is 0.858. The number of thiophene rings is 1. The van der Waals surface area contributed by atoms with Gasteiger partial charge in [-0.3, -0.25) is 0 Å². The zero-order chi connectivity index (χ0) is 13.8. The molecule has 0 radical (unpaired) electrons. The van der Waals surface area contributed by atoms with Crippen molar-refractivity contribution in [3.05, 3.63) is 57.3 Å². The minimum absolute atomic E-state index is 0.113. The lowest BCUT2D eigenvalue weighted by Gasteiger charge is -2.20. The fourth-order valence-electron chi connectivity index (χ4n) is 2.21. The number of aryl methyl sites for hydroxylation is 1. The summed E-state index contributed by atoms with van der Waals surface area (Å²) in [7, 11) is 0. The molecule has 1 heterocycles. The summed E-state index contributed by atoms with van der Waals surface area (Å²) in [6, 6.07) is 5.61. The SMILES string of the molecule is CCNC(c1sccc1CC)c1c(F)cccc1F. The first-order valence-corrected chi connectivity index (χ1v) is 7.30. The van der Waals surface area contributed by atoms with E-state index in [-0.39, 0.29) is 5.56 Å². The molecule has 1 unspecified atom stereocenters. The highest BCUT2D eigenvalue weighted by Crippen LogP contribution is 2.32. The molecule has 1 aromatic heterocycles. The van der Waals surface area contributed by atoms with Crippen molar-refractivity contribution < 1.29 is 8.78 Å². The second-order valence-corrected chi connectivity index (χ2v) is 5.24. The molecule has 19 heavy (non-hydrogen) atoms. The Morgan fingerprint density at radius 3 is 2.42 bits per heavy atom. The van der Waals surface area contributed by atoms with Crippen LogP contribution in [-0.2, 0) is 6.42 Å². The predicted octanol–water partition coefficient (Wildman–Crippen LogP) is 4.29. The van der Waals surface area contributed by atoms with E-state index in [1.54, 1.807) is 0 Å². The van der Waals surface area contributed by atoms with E-state index >= 15 is 0 Å². The van der Waals surface area contributed by atoms with Crippen LogP contribution in [0.4, 0.5) is 8.78 Å². The maximum absolute atomic E-state index is 14.0. The molecule has 1 nitrogen and oxygen atoms in total. The summed E-state index contributed by atoms with van der Waals surface area (Å²) >= 11 is 1.54. The number of hydrogen-bond acceptors (Lipinski definition) is 2. The van der Waals surface area contributed by atoms with Crippen LogP contribution in [-0.4, -0.2) is 6.54 Å². The van der Waals surface area contributed by atoms with Crippen molar-refractivity contribution in [1.29, 1.82) is 0 Å². The molecule has 0 aliphatic carbocycles. The van der Waals surface area contributed by atoms with Gasteiger partial charge < -0.3 is 5.32 Å². The Morgan fingerprint density at radius 2 is 1.84 bits per heavy atom. The highest BCUT2D eigenvalue weighted by atomic mass is 32.1. The largest absolute Gasteiger partial charge is 0.306 e. The fourth-order valence-corrected chi connectivity index (χ4v) is 3.29. The number of hydrogen-bond donors (Lipinski definition) is 1. The molecule has 0 spiro atoms. The van der Waals surface area contributed by atoms with Crippen molar-refractivity contribution in [2.75, 3.05) is 6.54 Å². The second-order valence-electron chi connectivity index (χ2n) is 4.29. The van der Waals surface area contributed by atoms with Gasteiger partial charge in [0, 0.05) is 10.4 Å². The van der Waals surface area contributed by atoms with Crippen LogP contribution >= 0.6 is 11.3 Å². The van der Waals surface area contributed by atoms with E-state index in [4.69, 9.17) is 0 Å². The maximum atomic E-state index is 14.0. The molecule has 1 atom stereocenters. The van der Waals surface area contributed by atoms with Crippen molar-refractivity contribution in [1.82, 2.24) is 5.32 Å². The summed E-state index contributed by atoms with van der Waals surface area (Å²) in [5.74, 6) is -0.997. The quantitative estimate of drug-likeness (QED) is 0.862. The molecular weight excluding hydrogens is 264 g/mol. The highest BCUT2D eigenvalue weighted by molar-refractivity contribution is 7.10. The molecule has 2 rings (SSSR count). The maximum Gasteiger partial charge on any atom is 0.131 e. The summed E-state index contributed by atoms with van der Waals surface area (Å²) in [6.45, 7) is 4.64. The molecule has 1 aromatic carbocycles. The molecule has 2 aromatic rings. The first-order chi connectivity index (χ1) is 9.19. The van der Waals surface area contributed by atoms with Gasteiger partial charge in [-0.1, -0.05) is 19.9 Å². The first-order valence-electron chi connectivity index (χ1n) is 6.42. The minimum Gasteiger partial charge on any atom is -0.306 e. The molecule has 0 aliphatic heterocycles. The van der Waals surface area contributed by atoms with E-state index in [2.05, 4.69) is 5.32 Å². The average Bonchev–Trinajstić information content (AvgIpc) is 2.85. The molecule has 0 fully saturated rings. The Balaban J connectivity index is 2.52. The number of benzene rings is 1. The van der Waals surface area contributed by atoms with Gasteiger partial charge in [0.25, 0.3) is 0 Å². The van der Waals surface area contributed by atoms with Crippen LogP contribution in [0.3, 0.4) is 0 Å². The van der Waals surface area contributed by atoms with Crippen LogP contribution in [0.15, 0.2) is 29.6 Å². The standard InChI is InChI=1S/C15H17F2NS/c1-3-10-8-9-19-15(10)14(18-4-2)13-11(16)6-5-7-12(13)17/h5-9,14,18H,3-4H2,1-2H3. The summed E-state index contributed by atoms with van der Waals surface area (Å²) in [5.41, 5.74) is 1.25. The molecule has 0 saturated heterocycles. The number of rotatable bonds is 5.